The van der Waals surface area contributed by atoms with E-state index in [9.17, 15) is 35.6 Å². The van der Waals surface area contributed by atoms with Crippen LogP contribution in [0.1, 0.15) is 44.2 Å². The number of alkyl halides is 3. The zero-order valence-electron chi connectivity index (χ0n) is 21.6. The van der Waals surface area contributed by atoms with Crippen molar-refractivity contribution >= 4 is 22.0 Å². The molecule has 4 atom stereocenters. The molecule has 0 saturated carbocycles. The maximum Gasteiger partial charge on any atom is 0.416 e. The Bertz CT molecular complexity index is 1260. The second-order valence-electron chi connectivity index (χ2n) is 10.6. The number of nitriles is 1. The van der Waals surface area contributed by atoms with Crippen LogP contribution in [-0.2, 0) is 32.5 Å². The number of benzene rings is 1. The molecule has 1 aromatic rings. The number of carbonyl (C=O) groups is 2. The molecule has 3 saturated heterocycles. The van der Waals surface area contributed by atoms with Gasteiger partial charge >= 0.3 is 6.18 Å². The molecular formula is C25H31F4N5O4S. The van der Waals surface area contributed by atoms with Crippen molar-refractivity contribution in [2.75, 3.05) is 26.2 Å². The zero-order chi connectivity index (χ0) is 28.7. The van der Waals surface area contributed by atoms with Gasteiger partial charge in [0.1, 0.15) is 11.9 Å². The van der Waals surface area contributed by atoms with Gasteiger partial charge in [0.05, 0.1) is 23.5 Å². The van der Waals surface area contributed by atoms with E-state index in [-0.39, 0.29) is 49.5 Å². The fourth-order valence-corrected chi connectivity index (χ4v) is 7.57. The number of halogens is 4. The number of hydrogen-bond acceptors (Lipinski definition) is 5. The Morgan fingerprint density at radius 3 is 2.49 bits per heavy atom. The molecule has 0 aliphatic carbocycles. The van der Waals surface area contributed by atoms with Crippen LogP contribution in [0.5, 0.6) is 0 Å². The Balaban J connectivity index is 1.43. The van der Waals surface area contributed by atoms with Gasteiger partial charge in [0, 0.05) is 44.3 Å². The second-order valence-corrected chi connectivity index (χ2v) is 12.5. The van der Waals surface area contributed by atoms with E-state index in [0.717, 1.165) is 12.1 Å². The highest BCUT2D eigenvalue weighted by Crippen LogP contribution is 2.35. The number of nitrogens with zero attached hydrogens (tertiary/aromatic N) is 4. The molecule has 39 heavy (non-hydrogen) atoms. The Morgan fingerprint density at radius 1 is 1.18 bits per heavy atom. The summed E-state index contributed by atoms with van der Waals surface area (Å²) < 4.78 is 81.6. The Labute approximate surface area is 224 Å². The number of amides is 2. The molecular weight excluding hydrogens is 542 g/mol. The molecule has 0 spiro atoms. The average Bonchev–Trinajstić information content (AvgIpc) is 3.32. The highest BCUT2D eigenvalue weighted by Gasteiger charge is 2.48. The quantitative estimate of drug-likeness (QED) is 0.526. The van der Waals surface area contributed by atoms with Gasteiger partial charge < -0.3 is 10.2 Å². The second kappa shape index (κ2) is 11.0. The molecule has 4 rings (SSSR count). The van der Waals surface area contributed by atoms with Crippen molar-refractivity contribution in [2.45, 2.75) is 57.9 Å². The highest BCUT2D eigenvalue weighted by atomic mass is 32.2. The first-order valence-corrected chi connectivity index (χ1v) is 14.2. The summed E-state index contributed by atoms with van der Waals surface area (Å²) in [6, 6.07) is 2.61. The van der Waals surface area contributed by atoms with Crippen molar-refractivity contribution < 1.29 is 35.6 Å². The molecule has 0 radical (unpaired) electrons. The monoisotopic (exact) mass is 573 g/mol. The third kappa shape index (κ3) is 5.90. The molecule has 0 aromatic heterocycles. The van der Waals surface area contributed by atoms with Crippen LogP contribution >= 0.6 is 0 Å². The van der Waals surface area contributed by atoms with Crippen LogP contribution in [0, 0.1) is 34.9 Å². The standard InChI is InChI=1S/C25H31F4N5O4S/c1-15-8-20(16(2)34(12-15)39(37,38)32-13-17(10-30)14-32)24(36)33-7-3-4-22(33)23(35)31-11-18-5-6-19(9-21(18)26)25(27,28)29/h5-6,9,15-17,20,22H,3-4,7-8,11-14H2,1-2H3,(H,31,35)/t15-,16+,20+,22+/m0/s1. The van der Waals surface area contributed by atoms with Crippen molar-refractivity contribution in [3.05, 3.63) is 35.1 Å². The first kappa shape index (κ1) is 29.2. The lowest BCUT2D eigenvalue weighted by atomic mass is 9.85. The molecule has 14 heteroatoms. The molecule has 214 valence electrons. The lowest BCUT2D eigenvalue weighted by Crippen LogP contribution is -2.61. The van der Waals surface area contributed by atoms with Crippen LogP contribution in [0.2, 0.25) is 0 Å². The van der Waals surface area contributed by atoms with E-state index in [1.807, 2.05) is 13.0 Å². The summed E-state index contributed by atoms with van der Waals surface area (Å²) in [4.78, 5) is 28.1. The molecule has 3 aliphatic rings. The van der Waals surface area contributed by atoms with Crippen LogP contribution in [0.25, 0.3) is 0 Å². The van der Waals surface area contributed by atoms with Gasteiger partial charge in [-0.2, -0.15) is 35.5 Å². The van der Waals surface area contributed by atoms with Crippen LogP contribution < -0.4 is 5.32 Å². The molecule has 1 aromatic carbocycles. The number of likely N-dealkylation sites (tertiary alicyclic amines) is 1. The Morgan fingerprint density at radius 2 is 1.87 bits per heavy atom. The van der Waals surface area contributed by atoms with Crippen LogP contribution in [0.15, 0.2) is 18.2 Å². The minimum Gasteiger partial charge on any atom is -0.350 e. The van der Waals surface area contributed by atoms with Crippen LogP contribution in [-0.4, -0.2) is 72.0 Å². The first-order chi connectivity index (χ1) is 18.2. The van der Waals surface area contributed by atoms with Gasteiger partial charge in [-0.1, -0.05) is 13.0 Å². The summed E-state index contributed by atoms with van der Waals surface area (Å²) in [6.45, 7) is 3.95. The predicted octanol–water partition coefficient (Wildman–Crippen LogP) is 2.50. The predicted molar refractivity (Wildman–Crippen MR) is 131 cm³/mol. The van der Waals surface area contributed by atoms with Crippen molar-refractivity contribution in [1.82, 2.24) is 18.8 Å². The molecule has 3 aliphatic heterocycles. The largest absolute Gasteiger partial charge is 0.416 e. The SMILES string of the molecule is C[C@H]1C[C@@H](C(=O)N2CCC[C@@H]2C(=O)NCc2ccc(C(F)(F)F)cc2F)[C@@H](C)N(S(=O)(=O)N2CC(C#N)C2)C1. The fraction of sp³-hybridized carbons (Fsp3) is 0.640. The lowest BCUT2D eigenvalue weighted by Gasteiger charge is -2.46. The highest BCUT2D eigenvalue weighted by molar-refractivity contribution is 7.86. The molecule has 1 N–H and O–H groups in total. The van der Waals surface area contributed by atoms with Gasteiger partial charge in [-0.15, -0.1) is 0 Å². The topological polar surface area (TPSA) is 114 Å². The third-order valence-electron chi connectivity index (χ3n) is 7.83. The van der Waals surface area contributed by atoms with E-state index in [4.69, 9.17) is 5.26 Å². The molecule has 3 heterocycles. The van der Waals surface area contributed by atoms with Gasteiger partial charge in [-0.25, -0.2) is 4.39 Å². The van der Waals surface area contributed by atoms with Gasteiger partial charge in [-0.05, 0) is 44.2 Å². The maximum atomic E-state index is 14.2. The number of carbonyl (C=O) groups excluding carboxylic acids is 2. The van der Waals surface area contributed by atoms with Crippen molar-refractivity contribution in [1.29, 1.82) is 5.26 Å². The van der Waals surface area contributed by atoms with Gasteiger partial charge in [0.15, 0.2) is 0 Å². The summed E-state index contributed by atoms with van der Waals surface area (Å²) in [5.41, 5.74) is -1.25. The molecule has 2 amide bonds. The summed E-state index contributed by atoms with van der Waals surface area (Å²) >= 11 is 0. The van der Waals surface area contributed by atoms with E-state index in [0.29, 0.717) is 31.9 Å². The van der Waals surface area contributed by atoms with E-state index in [2.05, 4.69) is 5.32 Å². The molecule has 0 unspecified atom stereocenters. The Kier molecular flexibility index (Phi) is 8.26. The van der Waals surface area contributed by atoms with Gasteiger partial charge in [0.25, 0.3) is 10.2 Å². The summed E-state index contributed by atoms with van der Waals surface area (Å²) in [5, 5.41) is 11.5. The van der Waals surface area contributed by atoms with E-state index < -0.39 is 51.7 Å². The normalized spacial score (nSPS) is 27.2. The van der Waals surface area contributed by atoms with Crippen LogP contribution in [0.4, 0.5) is 17.6 Å². The number of piperidine rings is 1. The fourth-order valence-electron chi connectivity index (χ4n) is 5.53. The van der Waals surface area contributed by atoms with Crippen LogP contribution in [0.3, 0.4) is 0 Å². The summed E-state index contributed by atoms with van der Waals surface area (Å²) in [7, 11) is -3.87. The molecule has 3 fully saturated rings. The van der Waals surface area contributed by atoms with E-state index in [1.54, 1.807) is 6.92 Å². The number of rotatable bonds is 6. The van der Waals surface area contributed by atoms with E-state index in [1.165, 1.54) is 13.5 Å². The molecule has 0 bridgehead atoms. The van der Waals surface area contributed by atoms with E-state index >= 15 is 0 Å². The van der Waals surface area contributed by atoms with Gasteiger partial charge in [-0.3, -0.25) is 9.59 Å². The summed E-state index contributed by atoms with van der Waals surface area (Å²) in [6.07, 6.45) is -3.35. The maximum absolute atomic E-state index is 14.2. The van der Waals surface area contributed by atoms with Crippen molar-refractivity contribution in [3.8, 4) is 6.07 Å². The van der Waals surface area contributed by atoms with Crippen molar-refractivity contribution in [2.24, 2.45) is 17.8 Å². The number of nitrogens with one attached hydrogen (secondary N) is 1. The zero-order valence-corrected chi connectivity index (χ0v) is 22.4. The number of hydrogen-bond donors (Lipinski definition) is 1. The average molecular weight is 574 g/mol. The third-order valence-corrected chi connectivity index (χ3v) is 9.85. The van der Waals surface area contributed by atoms with Crippen molar-refractivity contribution in [3.63, 3.8) is 0 Å². The first-order valence-electron chi connectivity index (χ1n) is 12.8. The molecule has 9 nitrogen and oxygen atoms in total. The lowest BCUT2D eigenvalue weighted by molar-refractivity contribution is -0.144. The summed E-state index contributed by atoms with van der Waals surface area (Å²) in [5.74, 6) is -3.14. The minimum atomic E-state index is -4.69. The van der Waals surface area contributed by atoms with Gasteiger partial charge in [0.2, 0.25) is 11.8 Å². The minimum absolute atomic E-state index is 0.114. The Hall–Kier alpha value is -2.76. The smallest absolute Gasteiger partial charge is 0.350 e.